The van der Waals surface area contributed by atoms with Crippen LogP contribution in [0.3, 0.4) is 0 Å². The lowest BCUT2D eigenvalue weighted by molar-refractivity contribution is 0.0145. The molecule has 1 aliphatic rings. The van der Waals surface area contributed by atoms with E-state index >= 15 is 0 Å². The number of hydrogen-bond acceptors (Lipinski definition) is 4. The third-order valence-corrected chi connectivity index (χ3v) is 3.88. The molecule has 0 bridgehead atoms. The maximum Gasteiger partial charge on any atom is 0.170 e. The Labute approximate surface area is 119 Å². The fourth-order valence-corrected chi connectivity index (χ4v) is 2.95. The second kappa shape index (κ2) is 6.24. The Morgan fingerprint density at radius 1 is 1.40 bits per heavy atom. The molecule has 20 heavy (non-hydrogen) atoms. The Hall–Kier alpha value is -1.59. The lowest BCUT2D eigenvalue weighted by Crippen LogP contribution is -2.38. The quantitative estimate of drug-likeness (QED) is 0.330. The van der Waals surface area contributed by atoms with Crippen molar-refractivity contribution in [1.29, 1.82) is 0 Å². The van der Waals surface area contributed by atoms with Crippen LogP contribution < -0.4 is 5.73 Å². The summed E-state index contributed by atoms with van der Waals surface area (Å²) in [4.78, 5) is 2.12. The van der Waals surface area contributed by atoms with Crippen LogP contribution in [0.15, 0.2) is 29.4 Å². The molecule has 2 rings (SSSR count). The average Bonchev–Trinajstić information content (AvgIpc) is 2.84. The second-order valence-electron chi connectivity index (χ2n) is 5.79. The maximum absolute atomic E-state index is 10.4. The van der Waals surface area contributed by atoms with E-state index in [0.717, 1.165) is 37.8 Å². The molecule has 1 aromatic rings. The van der Waals surface area contributed by atoms with Crippen LogP contribution in [0.25, 0.3) is 0 Å². The summed E-state index contributed by atoms with van der Waals surface area (Å²) in [5.41, 5.74) is 6.85. The molecular weight excluding hydrogens is 254 g/mol. The number of hydrogen-bond donors (Lipinski definition) is 3. The third kappa shape index (κ3) is 3.71. The molecule has 0 aromatic heterocycles. The van der Waals surface area contributed by atoms with Crippen molar-refractivity contribution in [3.63, 3.8) is 0 Å². The fourth-order valence-electron chi connectivity index (χ4n) is 2.95. The van der Waals surface area contributed by atoms with Gasteiger partial charge in [0.15, 0.2) is 5.84 Å². The van der Waals surface area contributed by atoms with Gasteiger partial charge in [0.05, 0.1) is 5.60 Å². The number of rotatable bonds is 5. The maximum atomic E-state index is 10.4. The number of aliphatic hydroxyl groups is 1. The predicted molar refractivity (Wildman–Crippen MR) is 78.7 cm³/mol. The van der Waals surface area contributed by atoms with Crippen LogP contribution >= 0.6 is 0 Å². The molecule has 5 heteroatoms. The van der Waals surface area contributed by atoms with Crippen LogP contribution in [0.5, 0.6) is 0 Å². The lowest BCUT2D eigenvalue weighted by Gasteiger charge is -2.28. The number of amidine groups is 1. The first-order valence-electron chi connectivity index (χ1n) is 7.00. The molecule has 0 saturated heterocycles. The summed E-state index contributed by atoms with van der Waals surface area (Å²) in [6.45, 7) is 1.41. The SMILES string of the molecule is CN(Cc1cccc(/C(N)=N/O)c1)CC1(O)CCCC1. The Morgan fingerprint density at radius 3 is 2.75 bits per heavy atom. The van der Waals surface area contributed by atoms with Crippen molar-refractivity contribution >= 4 is 5.84 Å². The van der Waals surface area contributed by atoms with Crippen molar-refractivity contribution in [3.05, 3.63) is 35.4 Å². The van der Waals surface area contributed by atoms with Gasteiger partial charge in [0.1, 0.15) is 0 Å². The Balaban J connectivity index is 1.99. The molecule has 1 aliphatic carbocycles. The molecule has 1 fully saturated rings. The van der Waals surface area contributed by atoms with Crippen molar-refractivity contribution in [2.24, 2.45) is 10.9 Å². The first kappa shape index (κ1) is 14.8. The van der Waals surface area contributed by atoms with E-state index in [9.17, 15) is 5.11 Å². The van der Waals surface area contributed by atoms with Gasteiger partial charge in [-0.3, -0.25) is 4.90 Å². The number of nitrogens with two attached hydrogens (primary N) is 1. The molecular formula is C15H23N3O2. The summed E-state index contributed by atoms with van der Waals surface area (Å²) in [7, 11) is 2.01. The van der Waals surface area contributed by atoms with Crippen LogP contribution in [-0.4, -0.2) is 40.2 Å². The highest BCUT2D eigenvalue weighted by atomic mass is 16.4. The van der Waals surface area contributed by atoms with Gasteiger partial charge in [-0.2, -0.15) is 0 Å². The van der Waals surface area contributed by atoms with Gasteiger partial charge in [0, 0.05) is 18.7 Å². The molecule has 1 aromatic carbocycles. The Bertz CT molecular complexity index is 482. The molecule has 0 radical (unpaired) electrons. The minimum absolute atomic E-state index is 0.115. The fraction of sp³-hybridized carbons (Fsp3) is 0.533. The van der Waals surface area contributed by atoms with Crippen LogP contribution in [0.1, 0.15) is 36.8 Å². The zero-order valence-corrected chi connectivity index (χ0v) is 11.9. The van der Waals surface area contributed by atoms with E-state index in [1.165, 1.54) is 0 Å². The second-order valence-corrected chi connectivity index (χ2v) is 5.79. The van der Waals surface area contributed by atoms with Gasteiger partial charge < -0.3 is 16.0 Å². The van der Waals surface area contributed by atoms with E-state index in [0.29, 0.717) is 12.1 Å². The van der Waals surface area contributed by atoms with Gasteiger partial charge in [0.2, 0.25) is 0 Å². The highest BCUT2D eigenvalue weighted by Gasteiger charge is 2.32. The highest BCUT2D eigenvalue weighted by Crippen LogP contribution is 2.30. The highest BCUT2D eigenvalue weighted by molar-refractivity contribution is 5.97. The molecule has 0 atom stereocenters. The van der Waals surface area contributed by atoms with Gasteiger partial charge in [-0.1, -0.05) is 36.2 Å². The average molecular weight is 277 g/mol. The molecule has 0 unspecified atom stereocenters. The molecule has 1 saturated carbocycles. The van der Waals surface area contributed by atoms with E-state index < -0.39 is 5.60 Å². The standard InChI is InChI=1S/C15H23N3O2/c1-18(11-15(19)7-2-3-8-15)10-12-5-4-6-13(9-12)14(16)17-20/h4-6,9,19-20H,2-3,7-8,10-11H2,1H3,(H2,16,17). The molecule has 5 nitrogen and oxygen atoms in total. The van der Waals surface area contributed by atoms with E-state index in [-0.39, 0.29) is 5.84 Å². The zero-order valence-electron chi connectivity index (χ0n) is 11.9. The van der Waals surface area contributed by atoms with Gasteiger partial charge in [-0.05, 0) is 31.5 Å². The zero-order chi connectivity index (χ0) is 14.6. The Morgan fingerprint density at radius 2 is 2.10 bits per heavy atom. The van der Waals surface area contributed by atoms with E-state index in [1.54, 1.807) is 0 Å². The number of nitrogens with zero attached hydrogens (tertiary/aromatic N) is 2. The normalized spacial score (nSPS) is 18.6. The summed E-state index contributed by atoms with van der Waals surface area (Å²) in [6.07, 6.45) is 4.01. The smallest absolute Gasteiger partial charge is 0.170 e. The number of oxime groups is 1. The first-order valence-corrected chi connectivity index (χ1v) is 7.00. The summed E-state index contributed by atoms with van der Waals surface area (Å²) >= 11 is 0. The van der Waals surface area contributed by atoms with Crippen molar-refractivity contribution in [2.45, 2.75) is 37.8 Å². The molecule has 4 N–H and O–H groups in total. The predicted octanol–water partition coefficient (Wildman–Crippen LogP) is 1.52. The van der Waals surface area contributed by atoms with E-state index in [2.05, 4.69) is 10.1 Å². The largest absolute Gasteiger partial charge is 0.409 e. The topological polar surface area (TPSA) is 82.1 Å². The van der Waals surface area contributed by atoms with Crippen molar-refractivity contribution < 1.29 is 10.3 Å². The van der Waals surface area contributed by atoms with Gasteiger partial charge in [0.25, 0.3) is 0 Å². The third-order valence-electron chi connectivity index (χ3n) is 3.88. The minimum atomic E-state index is -0.530. The monoisotopic (exact) mass is 277 g/mol. The molecule has 0 heterocycles. The summed E-state index contributed by atoms with van der Waals surface area (Å²) in [6, 6.07) is 7.61. The molecule has 0 aliphatic heterocycles. The minimum Gasteiger partial charge on any atom is -0.409 e. The van der Waals surface area contributed by atoms with Crippen molar-refractivity contribution in [2.75, 3.05) is 13.6 Å². The van der Waals surface area contributed by atoms with Crippen LogP contribution in [0.2, 0.25) is 0 Å². The molecule has 0 amide bonds. The van der Waals surface area contributed by atoms with Crippen LogP contribution in [-0.2, 0) is 6.54 Å². The molecule has 0 spiro atoms. The summed E-state index contributed by atoms with van der Waals surface area (Å²) in [5.74, 6) is 0.115. The Kier molecular flexibility index (Phi) is 4.62. The van der Waals surface area contributed by atoms with Gasteiger partial charge in [-0.15, -0.1) is 0 Å². The molecule has 110 valence electrons. The summed E-state index contributed by atoms with van der Waals surface area (Å²) in [5, 5.41) is 22.1. The van der Waals surface area contributed by atoms with Gasteiger partial charge >= 0.3 is 0 Å². The van der Waals surface area contributed by atoms with E-state index in [1.807, 2.05) is 31.3 Å². The van der Waals surface area contributed by atoms with Gasteiger partial charge in [-0.25, -0.2) is 0 Å². The number of likely N-dealkylation sites (N-methyl/N-ethyl adjacent to an activating group) is 1. The lowest BCUT2D eigenvalue weighted by atomic mass is 10.0. The number of benzene rings is 1. The van der Waals surface area contributed by atoms with Crippen molar-refractivity contribution in [1.82, 2.24) is 4.90 Å². The van der Waals surface area contributed by atoms with Crippen molar-refractivity contribution in [3.8, 4) is 0 Å². The van der Waals surface area contributed by atoms with Crippen LogP contribution in [0, 0.1) is 0 Å². The van der Waals surface area contributed by atoms with Crippen LogP contribution in [0.4, 0.5) is 0 Å². The first-order chi connectivity index (χ1) is 9.52. The van der Waals surface area contributed by atoms with E-state index in [4.69, 9.17) is 10.9 Å². The summed E-state index contributed by atoms with van der Waals surface area (Å²) < 4.78 is 0.